The second kappa shape index (κ2) is 9.20. The first-order valence-electron chi connectivity index (χ1n) is 4.02. The molecule has 0 unspecified atom stereocenters. The van der Waals surface area contributed by atoms with Gasteiger partial charge in [-0.2, -0.15) is 0 Å². The number of carbonyl (C=O) groups excluding carboxylic acids is 1. The van der Waals surface area contributed by atoms with Crippen LogP contribution in [0, 0.1) is 0 Å². The SMILES string of the molecule is C=C(C)C(=O)O.C=CC(=O)NC=CC(=O)O. The lowest BCUT2D eigenvalue weighted by Gasteiger charge is -1.88. The predicted octanol–water partition coefficient (Wildman–Crippen LogP) is 0.534. The molecule has 1 amide bonds. The third kappa shape index (κ3) is 14.2. The minimum absolute atomic E-state index is 0.176. The summed E-state index contributed by atoms with van der Waals surface area (Å²) in [6.45, 7) is 7.77. The topological polar surface area (TPSA) is 104 Å². The van der Waals surface area contributed by atoms with Crippen LogP contribution in [0.1, 0.15) is 6.92 Å². The van der Waals surface area contributed by atoms with Gasteiger partial charge in [-0.3, -0.25) is 4.79 Å². The number of nitrogens with one attached hydrogen (secondary N) is 1. The van der Waals surface area contributed by atoms with Crippen molar-refractivity contribution in [2.24, 2.45) is 0 Å². The molecule has 0 aromatic heterocycles. The van der Waals surface area contributed by atoms with Crippen LogP contribution in [0.5, 0.6) is 0 Å². The van der Waals surface area contributed by atoms with Crippen molar-refractivity contribution in [1.29, 1.82) is 0 Å². The number of aliphatic carboxylic acids is 2. The highest BCUT2D eigenvalue weighted by Gasteiger charge is 1.90. The maximum absolute atomic E-state index is 10.3. The zero-order valence-corrected chi connectivity index (χ0v) is 8.77. The third-order valence-electron chi connectivity index (χ3n) is 1.00. The number of hydrogen-bond donors (Lipinski definition) is 3. The lowest BCUT2D eigenvalue weighted by Crippen LogP contribution is -2.13. The van der Waals surface area contributed by atoms with Crippen molar-refractivity contribution >= 4 is 17.8 Å². The van der Waals surface area contributed by atoms with Crippen molar-refractivity contribution in [1.82, 2.24) is 5.32 Å². The van der Waals surface area contributed by atoms with Gasteiger partial charge < -0.3 is 15.5 Å². The summed E-state index contributed by atoms with van der Waals surface area (Å²) in [6.07, 6.45) is 2.90. The summed E-state index contributed by atoms with van der Waals surface area (Å²) in [6, 6.07) is 0. The van der Waals surface area contributed by atoms with Gasteiger partial charge in [0.25, 0.3) is 0 Å². The van der Waals surface area contributed by atoms with Crippen LogP contribution >= 0.6 is 0 Å². The fourth-order valence-corrected chi connectivity index (χ4v) is 0.254. The zero-order chi connectivity index (χ0) is 13.1. The number of amides is 1. The Morgan fingerprint density at radius 2 is 1.69 bits per heavy atom. The van der Waals surface area contributed by atoms with E-state index >= 15 is 0 Å². The predicted molar refractivity (Wildman–Crippen MR) is 57.6 cm³/mol. The summed E-state index contributed by atoms with van der Waals surface area (Å²) < 4.78 is 0. The summed E-state index contributed by atoms with van der Waals surface area (Å²) in [7, 11) is 0. The molecule has 6 nitrogen and oxygen atoms in total. The number of carbonyl (C=O) groups is 3. The first-order valence-corrected chi connectivity index (χ1v) is 4.02. The molecule has 3 N–H and O–H groups in total. The van der Waals surface area contributed by atoms with Crippen molar-refractivity contribution < 1.29 is 24.6 Å². The third-order valence-corrected chi connectivity index (χ3v) is 1.00. The average Bonchev–Trinajstić information content (AvgIpc) is 2.17. The quantitative estimate of drug-likeness (QED) is 0.608. The van der Waals surface area contributed by atoms with Gasteiger partial charge in [-0.15, -0.1) is 0 Å². The first kappa shape index (κ1) is 16.1. The van der Waals surface area contributed by atoms with Gasteiger partial charge >= 0.3 is 11.9 Å². The molecule has 0 aromatic carbocycles. The van der Waals surface area contributed by atoms with Gasteiger partial charge in [-0.05, 0) is 13.0 Å². The molecular weight excluding hydrogens is 214 g/mol. The van der Waals surface area contributed by atoms with Crippen LogP contribution in [-0.4, -0.2) is 28.1 Å². The molecule has 0 fully saturated rings. The van der Waals surface area contributed by atoms with E-state index in [2.05, 4.69) is 18.5 Å². The molecule has 0 bridgehead atoms. The molecule has 0 aliphatic carbocycles. The van der Waals surface area contributed by atoms with Crippen LogP contribution in [0.25, 0.3) is 0 Å². The number of hydrogen-bond acceptors (Lipinski definition) is 3. The van der Waals surface area contributed by atoms with E-state index in [-0.39, 0.29) is 5.57 Å². The Hall–Kier alpha value is -2.37. The molecule has 0 heterocycles. The van der Waals surface area contributed by atoms with E-state index in [0.717, 1.165) is 18.4 Å². The van der Waals surface area contributed by atoms with Crippen molar-refractivity contribution in [3.05, 3.63) is 37.1 Å². The second-order valence-electron chi connectivity index (χ2n) is 2.47. The molecule has 0 rings (SSSR count). The highest BCUT2D eigenvalue weighted by Crippen LogP contribution is 1.81. The van der Waals surface area contributed by atoms with Gasteiger partial charge in [0, 0.05) is 17.8 Å². The van der Waals surface area contributed by atoms with E-state index in [0.29, 0.717) is 0 Å². The van der Waals surface area contributed by atoms with Gasteiger partial charge in [0.1, 0.15) is 0 Å². The highest BCUT2D eigenvalue weighted by molar-refractivity contribution is 5.88. The van der Waals surface area contributed by atoms with Gasteiger partial charge in [0.15, 0.2) is 0 Å². The number of rotatable bonds is 4. The van der Waals surface area contributed by atoms with E-state index < -0.39 is 17.8 Å². The normalized spacial score (nSPS) is 8.56. The minimum Gasteiger partial charge on any atom is -0.478 e. The molecule has 0 saturated heterocycles. The highest BCUT2D eigenvalue weighted by atomic mass is 16.4. The smallest absolute Gasteiger partial charge is 0.330 e. The van der Waals surface area contributed by atoms with Crippen LogP contribution in [0.2, 0.25) is 0 Å². The van der Waals surface area contributed by atoms with E-state index in [1.54, 1.807) is 0 Å². The van der Waals surface area contributed by atoms with E-state index in [1.165, 1.54) is 6.92 Å². The molecule has 0 atom stereocenters. The van der Waals surface area contributed by atoms with Gasteiger partial charge in [0.2, 0.25) is 5.91 Å². The molecule has 0 spiro atoms. The molecule has 6 heteroatoms. The fraction of sp³-hybridized carbons (Fsp3) is 0.100. The maximum Gasteiger partial charge on any atom is 0.330 e. The lowest BCUT2D eigenvalue weighted by atomic mass is 10.4. The standard InChI is InChI=1S/C6H7NO3.C4H6O2/c1-2-5(8)7-4-3-6(9)10;1-3(2)4(5)6/h2-4H,1H2,(H,7,8)(H,9,10);1H2,2H3,(H,5,6). The summed E-state index contributed by atoms with van der Waals surface area (Å²) in [5, 5.41) is 18.1. The Morgan fingerprint density at radius 3 is 1.94 bits per heavy atom. The van der Waals surface area contributed by atoms with Crippen LogP contribution in [0.15, 0.2) is 37.1 Å². The lowest BCUT2D eigenvalue weighted by molar-refractivity contribution is -0.133. The van der Waals surface area contributed by atoms with E-state index in [1.807, 2.05) is 0 Å². The van der Waals surface area contributed by atoms with Crippen LogP contribution < -0.4 is 5.32 Å². The Balaban J connectivity index is 0. The van der Waals surface area contributed by atoms with Crippen LogP contribution in [-0.2, 0) is 14.4 Å². The monoisotopic (exact) mass is 227 g/mol. The summed E-state index contributed by atoms with van der Waals surface area (Å²) in [4.78, 5) is 29.7. The molecule has 16 heavy (non-hydrogen) atoms. The molecule has 0 saturated carbocycles. The van der Waals surface area contributed by atoms with E-state index in [4.69, 9.17) is 10.2 Å². The van der Waals surface area contributed by atoms with Crippen LogP contribution in [0.3, 0.4) is 0 Å². The Bertz CT molecular complexity index is 318. The Labute approximate surface area is 92.6 Å². The molecule has 0 radical (unpaired) electrons. The zero-order valence-electron chi connectivity index (χ0n) is 8.77. The summed E-state index contributed by atoms with van der Waals surface area (Å²) >= 11 is 0. The summed E-state index contributed by atoms with van der Waals surface area (Å²) in [5.74, 6) is -2.48. The largest absolute Gasteiger partial charge is 0.478 e. The first-order chi connectivity index (χ1) is 7.31. The summed E-state index contributed by atoms with van der Waals surface area (Å²) in [5.41, 5.74) is 0.176. The van der Waals surface area contributed by atoms with Gasteiger partial charge in [-0.25, -0.2) is 9.59 Å². The van der Waals surface area contributed by atoms with Gasteiger partial charge in [0.05, 0.1) is 0 Å². The van der Waals surface area contributed by atoms with Crippen molar-refractivity contribution in [2.45, 2.75) is 6.92 Å². The average molecular weight is 227 g/mol. The molecule has 0 aliphatic rings. The van der Waals surface area contributed by atoms with Crippen molar-refractivity contribution in [2.75, 3.05) is 0 Å². The van der Waals surface area contributed by atoms with Crippen molar-refractivity contribution in [3.63, 3.8) is 0 Å². The number of carboxylic acids is 2. The second-order valence-corrected chi connectivity index (χ2v) is 2.47. The fourth-order valence-electron chi connectivity index (χ4n) is 0.254. The molecule has 88 valence electrons. The van der Waals surface area contributed by atoms with Crippen molar-refractivity contribution in [3.8, 4) is 0 Å². The molecule has 0 aromatic rings. The maximum atomic E-state index is 10.3. The Kier molecular flexibility index (Phi) is 9.24. The number of carboxylic acid groups (broad SMARTS) is 2. The molecule has 0 aliphatic heterocycles. The van der Waals surface area contributed by atoms with Gasteiger partial charge in [-0.1, -0.05) is 13.2 Å². The minimum atomic E-state index is -1.11. The molecular formula is C10H13NO5. The Morgan fingerprint density at radius 1 is 1.25 bits per heavy atom. The van der Waals surface area contributed by atoms with E-state index in [9.17, 15) is 14.4 Å². The van der Waals surface area contributed by atoms with Crippen LogP contribution in [0.4, 0.5) is 0 Å².